The molecule has 0 aliphatic heterocycles. The second kappa shape index (κ2) is 6.43. The second-order valence-corrected chi connectivity index (χ2v) is 5.25. The van der Waals surface area contributed by atoms with Crippen molar-refractivity contribution in [2.24, 2.45) is 0 Å². The summed E-state index contributed by atoms with van der Waals surface area (Å²) in [7, 11) is 0. The number of amides is 3. The molecule has 3 amide bonds. The molecule has 1 fully saturated rings. The number of rotatable bonds is 4. The van der Waals surface area contributed by atoms with Gasteiger partial charge in [0.15, 0.2) is 0 Å². The Kier molecular flexibility index (Phi) is 4.80. The summed E-state index contributed by atoms with van der Waals surface area (Å²) < 4.78 is 38.0. The molecule has 9 heteroatoms. The van der Waals surface area contributed by atoms with Crippen LogP contribution < -0.4 is 16.0 Å². The molecule has 0 spiro atoms. The van der Waals surface area contributed by atoms with E-state index in [-0.39, 0.29) is 24.2 Å². The maximum absolute atomic E-state index is 12.7. The lowest BCUT2D eigenvalue weighted by Crippen LogP contribution is -2.39. The van der Waals surface area contributed by atoms with Gasteiger partial charge in [-0.1, -0.05) is 11.6 Å². The number of alkyl halides is 3. The predicted octanol–water partition coefficient (Wildman–Crippen LogP) is 2.76. The van der Waals surface area contributed by atoms with Crippen molar-refractivity contribution in [3.63, 3.8) is 0 Å². The van der Waals surface area contributed by atoms with Gasteiger partial charge >= 0.3 is 12.2 Å². The lowest BCUT2D eigenvalue weighted by atomic mass is 10.2. The maximum Gasteiger partial charge on any atom is 0.417 e. The van der Waals surface area contributed by atoms with Gasteiger partial charge in [-0.2, -0.15) is 13.2 Å². The van der Waals surface area contributed by atoms with Gasteiger partial charge < -0.3 is 16.0 Å². The van der Waals surface area contributed by atoms with Crippen molar-refractivity contribution in [3.05, 3.63) is 28.8 Å². The Labute approximate surface area is 129 Å². The first-order chi connectivity index (χ1) is 10.3. The monoisotopic (exact) mass is 335 g/mol. The molecule has 1 aliphatic rings. The summed E-state index contributed by atoms with van der Waals surface area (Å²) in [5, 5.41) is 6.68. The van der Waals surface area contributed by atoms with Crippen LogP contribution in [0.4, 0.5) is 23.7 Å². The van der Waals surface area contributed by atoms with Gasteiger partial charge in [0.25, 0.3) is 0 Å². The van der Waals surface area contributed by atoms with E-state index in [0.29, 0.717) is 0 Å². The fourth-order valence-corrected chi connectivity index (χ4v) is 1.89. The smallest absolute Gasteiger partial charge is 0.352 e. The molecule has 120 valence electrons. The highest BCUT2D eigenvalue weighted by atomic mass is 35.5. The van der Waals surface area contributed by atoms with Crippen molar-refractivity contribution in [2.45, 2.75) is 25.1 Å². The Morgan fingerprint density at radius 2 is 1.95 bits per heavy atom. The summed E-state index contributed by atoms with van der Waals surface area (Å²) in [5.74, 6) is -0.343. The van der Waals surface area contributed by atoms with E-state index in [1.807, 2.05) is 0 Å². The van der Waals surface area contributed by atoms with Gasteiger partial charge in [0, 0.05) is 11.7 Å². The highest BCUT2D eigenvalue weighted by Crippen LogP contribution is 2.36. The molecule has 1 saturated carbocycles. The zero-order chi connectivity index (χ0) is 16.3. The minimum atomic E-state index is -4.62. The highest BCUT2D eigenvalue weighted by molar-refractivity contribution is 6.31. The number of nitrogens with one attached hydrogen (secondary N) is 3. The van der Waals surface area contributed by atoms with E-state index < -0.39 is 22.8 Å². The van der Waals surface area contributed by atoms with E-state index in [1.165, 1.54) is 6.07 Å². The molecule has 1 aromatic rings. The van der Waals surface area contributed by atoms with Crippen LogP contribution in [0.1, 0.15) is 18.4 Å². The van der Waals surface area contributed by atoms with Gasteiger partial charge in [-0.05, 0) is 31.0 Å². The highest BCUT2D eigenvalue weighted by Gasteiger charge is 2.33. The largest absolute Gasteiger partial charge is 0.417 e. The molecule has 0 aromatic heterocycles. The van der Waals surface area contributed by atoms with Crippen molar-refractivity contribution in [3.8, 4) is 0 Å². The van der Waals surface area contributed by atoms with Crippen LogP contribution in [0.2, 0.25) is 5.02 Å². The number of hydrogen-bond donors (Lipinski definition) is 3. The summed E-state index contributed by atoms with van der Waals surface area (Å²) in [6.45, 7) is -0.248. The molecule has 0 radical (unpaired) electrons. The van der Waals surface area contributed by atoms with Crippen molar-refractivity contribution in [1.82, 2.24) is 10.6 Å². The second-order valence-electron chi connectivity index (χ2n) is 4.84. The molecule has 2 rings (SSSR count). The fourth-order valence-electron chi connectivity index (χ4n) is 1.66. The van der Waals surface area contributed by atoms with Crippen LogP contribution in [-0.4, -0.2) is 24.5 Å². The van der Waals surface area contributed by atoms with E-state index in [0.717, 1.165) is 25.0 Å². The third-order valence-corrected chi connectivity index (χ3v) is 3.21. The van der Waals surface area contributed by atoms with Crippen LogP contribution in [0.3, 0.4) is 0 Å². The Morgan fingerprint density at radius 3 is 2.55 bits per heavy atom. The Hall–Kier alpha value is -1.96. The normalized spacial score (nSPS) is 14.4. The first-order valence-electron chi connectivity index (χ1n) is 6.46. The zero-order valence-corrected chi connectivity index (χ0v) is 12.0. The molecule has 5 nitrogen and oxygen atoms in total. The fraction of sp³-hybridized carbons (Fsp3) is 0.385. The van der Waals surface area contributed by atoms with Gasteiger partial charge in [-0.3, -0.25) is 4.79 Å². The number of hydrogen-bond acceptors (Lipinski definition) is 2. The summed E-state index contributed by atoms with van der Waals surface area (Å²) in [5.41, 5.74) is -1.12. The Morgan fingerprint density at radius 1 is 1.27 bits per heavy atom. The predicted molar refractivity (Wildman–Crippen MR) is 74.6 cm³/mol. The Bertz CT molecular complexity index is 588. The van der Waals surface area contributed by atoms with Crippen LogP contribution in [-0.2, 0) is 11.0 Å². The first kappa shape index (κ1) is 16.4. The molecule has 0 unspecified atom stereocenters. The van der Waals surface area contributed by atoms with E-state index in [9.17, 15) is 22.8 Å². The summed E-state index contributed by atoms with van der Waals surface area (Å²) in [6.07, 6.45) is -2.78. The zero-order valence-electron chi connectivity index (χ0n) is 11.3. The van der Waals surface area contributed by atoms with E-state index >= 15 is 0 Å². The van der Waals surface area contributed by atoms with Crippen molar-refractivity contribution < 1.29 is 22.8 Å². The minimum absolute atomic E-state index is 0.0724. The molecule has 3 N–H and O–H groups in total. The average molecular weight is 336 g/mol. The van der Waals surface area contributed by atoms with Gasteiger partial charge in [-0.15, -0.1) is 0 Å². The molecule has 1 aliphatic carbocycles. The number of urea groups is 1. The van der Waals surface area contributed by atoms with Crippen molar-refractivity contribution in [2.75, 3.05) is 11.9 Å². The topological polar surface area (TPSA) is 70.2 Å². The van der Waals surface area contributed by atoms with Crippen LogP contribution in [0.15, 0.2) is 18.2 Å². The molecule has 1 aromatic carbocycles. The van der Waals surface area contributed by atoms with Crippen LogP contribution in [0, 0.1) is 0 Å². The number of halogens is 4. The molecular formula is C13H13ClF3N3O2. The molecule has 0 heterocycles. The number of anilines is 1. The SMILES string of the molecule is O=C(CNC(=O)Nc1ccc(Cl)c(C(F)(F)F)c1)NC1CC1. The minimum Gasteiger partial charge on any atom is -0.352 e. The number of carbonyl (C=O) groups is 2. The van der Waals surface area contributed by atoms with Gasteiger partial charge in [0.2, 0.25) is 5.91 Å². The summed E-state index contributed by atoms with van der Waals surface area (Å²) in [6, 6.07) is 2.40. The van der Waals surface area contributed by atoms with E-state index in [4.69, 9.17) is 11.6 Å². The molecule has 0 bridgehead atoms. The third kappa shape index (κ3) is 4.80. The lowest BCUT2D eigenvalue weighted by molar-refractivity contribution is -0.137. The molecule has 22 heavy (non-hydrogen) atoms. The maximum atomic E-state index is 12.7. The van der Waals surface area contributed by atoms with Crippen LogP contribution in [0.5, 0.6) is 0 Å². The average Bonchev–Trinajstić information content (AvgIpc) is 3.21. The first-order valence-corrected chi connectivity index (χ1v) is 6.84. The van der Waals surface area contributed by atoms with E-state index in [1.54, 1.807) is 0 Å². The number of carbonyl (C=O) groups excluding carboxylic acids is 2. The van der Waals surface area contributed by atoms with Crippen molar-refractivity contribution >= 4 is 29.2 Å². The van der Waals surface area contributed by atoms with Crippen LogP contribution in [0.25, 0.3) is 0 Å². The van der Waals surface area contributed by atoms with Gasteiger partial charge in [-0.25, -0.2) is 4.79 Å². The summed E-state index contributed by atoms with van der Waals surface area (Å²) in [4.78, 5) is 22.9. The molecule has 0 atom stereocenters. The van der Waals surface area contributed by atoms with Gasteiger partial charge in [0.1, 0.15) is 0 Å². The summed E-state index contributed by atoms with van der Waals surface area (Å²) >= 11 is 5.47. The third-order valence-electron chi connectivity index (χ3n) is 2.88. The quantitative estimate of drug-likeness (QED) is 0.792. The number of benzene rings is 1. The van der Waals surface area contributed by atoms with Gasteiger partial charge in [0.05, 0.1) is 17.1 Å². The lowest BCUT2D eigenvalue weighted by Gasteiger charge is -2.12. The van der Waals surface area contributed by atoms with E-state index in [2.05, 4.69) is 16.0 Å². The Balaban J connectivity index is 1.89. The standard InChI is InChI=1S/C13H13ClF3N3O2/c14-10-4-3-8(5-9(10)13(15,16)17)20-12(22)18-6-11(21)19-7-1-2-7/h3-5,7H,1-2,6H2,(H,19,21)(H2,18,20,22). The molecular weight excluding hydrogens is 323 g/mol. The molecule has 0 saturated heterocycles. The van der Waals surface area contributed by atoms with Crippen molar-refractivity contribution in [1.29, 1.82) is 0 Å². The van der Waals surface area contributed by atoms with Crippen LogP contribution >= 0.6 is 11.6 Å².